The van der Waals surface area contributed by atoms with E-state index >= 15 is 0 Å². The van der Waals surface area contributed by atoms with Crippen molar-refractivity contribution in [2.75, 3.05) is 19.0 Å². The summed E-state index contributed by atoms with van der Waals surface area (Å²) in [5, 5.41) is 5.34. The van der Waals surface area contributed by atoms with Crippen LogP contribution in [0.5, 0.6) is 11.5 Å². The van der Waals surface area contributed by atoms with Crippen LogP contribution >= 0.6 is 0 Å². The van der Waals surface area contributed by atoms with Crippen molar-refractivity contribution in [1.82, 2.24) is 5.32 Å². The van der Waals surface area contributed by atoms with Crippen LogP contribution in [-0.4, -0.2) is 25.9 Å². The number of urea groups is 1. The van der Waals surface area contributed by atoms with Gasteiger partial charge in [0, 0.05) is 11.8 Å². The molecule has 2 N–H and O–H groups in total. The summed E-state index contributed by atoms with van der Waals surface area (Å²) in [4.78, 5) is 12.2. The molecular weight excluding hydrogens is 361 g/mol. The Labute approximate surface area is 155 Å². The summed E-state index contributed by atoms with van der Waals surface area (Å²) in [5.74, 6) is 0.0254. The highest BCUT2D eigenvalue weighted by molar-refractivity contribution is 5.89. The number of rotatable bonds is 6. The number of ether oxygens (including phenoxy) is 2. The van der Waals surface area contributed by atoms with E-state index in [1.807, 2.05) is 38.1 Å². The van der Waals surface area contributed by atoms with Crippen LogP contribution in [-0.2, 0) is 0 Å². The molecule has 0 spiro atoms. The van der Waals surface area contributed by atoms with E-state index in [1.165, 1.54) is 25.3 Å². The number of nitrogens with one attached hydrogen (secondary N) is 2. The van der Waals surface area contributed by atoms with Gasteiger partial charge in [-0.1, -0.05) is 29.8 Å². The Morgan fingerprint density at radius 3 is 2.37 bits per heavy atom. The molecule has 27 heavy (non-hydrogen) atoms. The van der Waals surface area contributed by atoms with Crippen molar-refractivity contribution in [3.05, 3.63) is 53.6 Å². The molecule has 146 valence electrons. The van der Waals surface area contributed by atoms with Gasteiger partial charge in [-0.3, -0.25) is 0 Å². The molecule has 0 saturated heterocycles. The SMILES string of the molecule is COc1ccc(NC(=O)NC(C)c2ccc(C)cc2)cc1OCC(F)(F)F. The molecular formula is C19H21F3N2O3. The maximum absolute atomic E-state index is 12.4. The number of hydrogen-bond donors (Lipinski definition) is 2. The highest BCUT2D eigenvalue weighted by atomic mass is 19.4. The molecule has 2 aromatic carbocycles. The minimum atomic E-state index is -4.48. The average molecular weight is 382 g/mol. The zero-order valence-corrected chi connectivity index (χ0v) is 15.2. The summed E-state index contributed by atoms with van der Waals surface area (Å²) in [6.45, 7) is 2.34. The molecule has 0 aromatic heterocycles. The van der Waals surface area contributed by atoms with E-state index in [2.05, 4.69) is 10.6 Å². The number of benzene rings is 2. The highest BCUT2D eigenvalue weighted by Gasteiger charge is 2.29. The summed E-state index contributed by atoms with van der Waals surface area (Å²) in [6.07, 6.45) is -4.48. The molecule has 0 aliphatic heterocycles. The molecule has 0 aliphatic carbocycles. The number of aryl methyl sites for hydroxylation is 1. The van der Waals surface area contributed by atoms with E-state index in [9.17, 15) is 18.0 Å². The van der Waals surface area contributed by atoms with Crippen molar-refractivity contribution < 1.29 is 27.4 Å². The van der Waals surface area contributed by atoms with E-state index in [1.54, 1.807) is 0 Å². The topological polar surface area (TPSA) is 59.6 Å². The van der Waals surface area contributed by atoms with Crippen LogP contribution in [0.4, 0.5) is 23.7 Å². The van der Waals surface area contributed by atoms with E-state index in [0.29, 0.717) is 0 Å². The minimum absolute atomic E-state index is 0.112. The lowest BCUT2D eigenvalue weighted by molar-refractivity contribution is -0.153. The molecule has 5 nitrogen and oxygen atoms in total. The number of alkyl halides is 3. The number of amides is 2. The van der Waals surface area contributed by atoms with Crippen molar-refractivity contribution in [3.8, 4) is 11.5 Å². The highest BCUT2D eigenvalue weighted by Crippen LogP contribution is 2.31. The Morgan fingerprint density at radius 1 is 1.11 bits per heavy atom. The first-order valence-corrected chi connectivity index (χ1v) is 8.19. The van der Waals surface area contributed by atoms with Gasteiger partial charge in [0.25, 0.3) is 0 Å². The Bertz CT molecular complexity index is 777. The molecule has 0 radical (unpaired) electrons. The summed E-state index contributed by atoms with van der Waals surface area (Å²) in [7, 11) is 1.32. The molecule has 8 heteroatoms. The number of anilines is 1. The number of halogens is 3. The van der Waals surface area contributed by atoms with Crippen LogP contribution in [0.2, 0.25) is 0 Å². The quantitative estimate of drug-likeness (QED) is 0.753. The second-order valence-electron chi connectivity index (χ2n) is 6.00. The Hall–Kier alpha value is -2.90. The number of carbonyl (C=O) groups excluding carboxylic acids is 1. The van der Waals surface area contributed by atoms with Gasteiger partial charge in [-0.05, 0) is 31.5 Å². The van der Waals surface area contributed by atoms with Gasteiger partial charge >= 0.3 is 12.2 Å². The summed E-state index contributed by atoms with van der Waals surface area (Å²) < 4.78 is 46.9. The fraction of sp³-hybridized carbons (Fsp3) is 0.316. The third-order valence-electron chi connectivity index (χ3n) is 3.74. The third kappa shape index (κ3) is 6.40. The predicted molar refractivity (Wildman–Crippen MR) is 96.3 cm³/mol. The predicted octanol–water partition coefficient (Wildman–Crippen LogP) is 4.83. The number of carbonyl (C=O) groups is 1. The molecule has 2 aromatic rings. The van der Waals surface area contributed by atoms with Crippen LogP contribution in [0, 0.1) is 6.92 Å². The van der Waals surface area contributed by atoms with Gasteiger partial charge in [-0.15, -0.1) is 0 Å². The van der Waals surface area contributed by atoms with Crippen LogP contribution in [0.3, 0.4) is 0 Å². The average Bonchev–Trinajstić information content (AvgIpc) is 2.60. The van der Waals surface area contributed by atoms with Gasteiger partial charge in [0.1, 0.15) is 0 Å². The van der Waals surface area contributed by atoms with Gasteiger partial charge < -0.3 is 20.1 Å². The monoisotopic (exact) mass is 382 g/mol. The van der Waals surface area contributed by atoms with Crippen molar-refractivity contribution in [2.45, 2.75) is 26.1 Å². The Balaban J connectivity index is 2.02. The lowest BCUT2D eigenvalue weighted by Crippen LogP contribution is -2.31. The fourth-order valence-corrected chi connectivity index (χ4v) is 2.33. The molecule has 0 saturated carbocycles. The van der Waals surface area contributed by atoms with Gasteiger partial charge in [0.15, 0.2) is 18.1 Å². The first kappa shape index (κ1) is 20.4. The lowest BCUT2D eigenvalue weighted by atomic mass is 10.1. The van der Waals surface area contributed by atoms with Crippen molar-refractivity contribution in [3.63, 3.8) is 0 Å². The van der Waals surface area contributed by atoms with Gasteiger partial charge in [-0.25, -0.2) is 4.79 Å². The lowest BCUT2D eigenvalue weighted by Gasteiger charge is -2.17. The largest absolute Gasteiger partial charge is 0.493 e. The third-order valence-corrected chi connectivity index (χ3v) is 3.74. The van der Waals surface area contributed by atoms with E-state index in [-0.39, 0.29) is 23.2 Å². The number of hydrogen-bond acceptors (Lipinski definition) is 3. The maximum atomic E-state index is 12.4. The van der Waals surface area contributed by atoms with Crippen LogP contribution in [0.15, 0.2) is 42.5 Å². The van der Waals surface area contributed by atoms with Crippen LogP contribution in [0.1, 0.15) is 24.1 Å². The molecule has 0 bridgehead atoms. The Kier molecular flexibility index (Phi) is 6.55. The zero-order chi connectivity index (χ0) is 20.0. The van der Waals surface area contributed by atoms with Crippen molar-refractivity contribution >= 4 is 11.7 Å². The van der Waals surface area contributed by atoms with Gasteiger partial charge in [-0.2, -0.15) is 13.2 Å². The molecule has 1 atom stereocenters. The maximum Gasteiger partial charge on any atom is 0.422 e. The standard InChI is InChI=1S/C19H21F3N2O3/c1-12-4-6-14(7-5-12)13(2)23-18(25)24-15-8-9-16(26-3)17(10-15)27-11-19(20,21)22/h4-10,13H,11H2,1-3H3,(H2,23,24,25). The van der Waals surface area contributed by atoms with E-state index in [0.717, 1.165) is 11.1 Å². The molecule has 1 unspecified atom stereocenters. The second-order valence-corrected chi connectivity index (χ2v) is 6.00. The van der Waals surface area contributed by atoms with Crippen LogP contribution < -0.4 is 20.1 Å². The first-order chi connectivity index (χ1) is 12.7. The molecule has 2 amide bonds. The summed E-state index contributed by atoms with van der Waals surface area (Å²) >= 11 is 0. The second kappa shape index (κ2) is 8.66. The molecule has 0 aliphatic rings. The zero-order valence-electron chi connectivity index (χ0n) is 15.2. The van der Waals surface area contributed by atoms with E-state index < -0.39 is 18.8 Å². The summed E-state index contributed by atoms with van der Waals surface area (Å²) in [5.41, 5.74) is 2.32. The summed E-state index contributed by atoms with van der Waals surface area (Å²) in [6, 6.07) is 11.2. The minimum Gasteiger partial charge on any atom is -0.493 e. The number of methoxy groups -OCH3 is 1. The van der Waals surface area contributed by atoms with Crippen molar-refractivity contribution in [1.29, 1.82) is 0 Å². The smallest absolute Gasteiger partial charge is 0.422 e. The van der Waals surface area contributed by atoms with Crippen LogP contribution in [0.25, 0.3) is 0 Å². The van der Waals surface area contributed by atoms with Gasteiger partial charge in [0.2, 0.25) is 0 Å². The molecule has 2 rings (SSSR count). The normalized spacial score (nSPS) is 12.2. The Morgan fingerprint density at radius 2 is 1.78 bits per heavy atom. The van der Waals surface area contributed by atoms with Crippen molar-refractivity contribution in [2.24, 2.45) is 0 Å². The first-order valence-electron chi connectivity index (χ1n) is 8.19. The van der Waals surface area contributed by atoms with Gasteiger partial charge in [0.05, 0.1) is 13.2 Å². The fourth-order valence-electron chi connectivity index (χ4n) is 2.33. The van der Waals surface area contributed by atoms with E-state index in [4.69, 9.17) is 9.47 Å². The molecule has 0 fully saturated rings. The molecule has 0 heterocycles.